The summed E-state index contributed by atoms with van der Waals surface area (Å²) in [7, 11) is 0. The van der Waals surface area contributed by atoms with Gasteiger partial charge in [0.25, 0.3) is 5.91 Å². The number of carboxylic acid groups (broad SMARTS) is 2. The second kappa shape index (κ2) is 10.5. The molecule has 166 valence electrons. The number of anilines is 1. The minimum Gasteiger partial charge on any atom is -0.480 e. The Balaban J connectivity index is 2.03. The fraction of sp³-hybridized carbons (Fsp3) is 0.318. The Kier molecular flexibility index (Phi) is 8.07. The van der Waals surface area contributed by atoms with Gasteiger partial charge in [-0.3, -0.25) is 9.69 Å². The Labute approximate surface area is 178 Å². The van der Waals surface area contributed by atoms with E-state index >= 15 is 0 Å². The molecule has 0 saturated carbocycles. The predicted molar refractivity (Wildman–Crippen MR) is 110 cm³/mol. The second-order valence-electron chi connectivity index (χ2n) is 7.52. The number of carbonyl (C=O) groups excluding carboxylic acids is 1. The van der Waals surface area contributed by atoms with E-state index in [4.69, 9.17) is 0 Å². The Morgan fingerprint density at radius 2 is 1.58 bits per heavy atom. The molecule has 2 amide bonds. The van der Waals surface area contributed by atoms with Gasteiger partial charge in [-0.05, 0) is 48.6 Å². The minimum absolute atomic E-state index is 0.00665. The van der Waals surface area contributed by atoms with Crippen molar-refractivity contribution < 1.29 is 33.4 Å². The molecule has 0 aliphatic carbocycles. The molecule has 1 atom stereocenters. The van der Waals surface area contributed by atoms with Crippen molar-refractivity contribution in [2.24, 2.45) is 5.92 Å². The van der Waals surface area contributed by atoms with Crippen LogP contribution in [0.4, 0.5) is 19.3 Å². The summed E-state index contributed by atoms with van der Waals surface area (Å²) in [4.78, 5) is 36.1. The lowest BCUT2D eigenvalue weighted by atomic mass is 10.0. The van der Waals surface area contributed by atoms with Crippen LogP contribution in [0.15, 0.2) is 42.5 Å². The molecule has 3 N–H and O–H groups in total. The van der Waals surface area contributed by atoms with E-state index in [9.17, 15) is 33.4 Å². The van der Waals surface area contributed by atoms with Gasteiger partial charge in [0.05, 0.1) is 0 Å². The van der Waals surface area contributed by atoms with Crippen molar-refractivity contribution in [3.63, 3.8) is 0 Å². The average molecular weight is 434 g/mol. The van der Waals surface area contributed by atoms with Crippen LogP contribution in [0.2, 0.25) is 0 Å². The van der Waals surface area contributed by atoms with Gasteiger partial charge < -0.3 is 15.5 Å². The van der Waals surface area contributed by atoms with Crippen molar-refractivity contribution in [3.8, 4) is 0 Å². The van der Waals surface area contributed by atoms with Gasteiger partial charge in [0, 0.05) is 23.9 Å². The first-order valence-corrected chi connectivity index (χ1v) is 9.65. The monoisotopic (exact) mass is 434 g/mol. The lowest BCUT2D eigenvalue weighted by molar-refractivity contribution is -0.143. The molecule has 0 aromatic heterocycles. The summed E-state index contributed by atoms with van der Waals surface area (Å²) in [6.07, 6.45) is -0.829. The maximum absolute atomic E-state index is 13.3. The van der Waals surface area contributed by atoms with Crippen LogP contribution in [0, 0.1) is 17.6 Å². The van der Waals surface area contributed by atoms with E-state index in [0.29, 0.717) is 11.8 Å². The molecule has 31 heavy (non-hydrogen) atoms. The molecule has 0 spiro atoms. The molecular formula is C22H24F2N2O5. The summed E-state index contributed by atoms with van der Waals surface area (Å²) in [5, 5.41) is 21.4. The van der Waals surface area contributed by atoms with E-state index in [1.807, 2.05) is 13.8 Å². The first-order chi connectivity index (χ1) is 14.6. The maximum atomic E-state index is 13.3. The van der Waals surface area contributed by atoms with Crippen molar-refractivity contribution in [1.82, 2.24) is 4.90 Å². The van der Waals surface area contributed by atoms with Crippen LogP contribution in [-0.2, 0) is 11.2 Å². The molecule has 9 heteroatoms. The van der Waals surface area contributed by atoms with Crippen LogP contribution >= 0.6 is 0 Å². The molecule has 7 nitrogen and oxygen atoms in total. The summed E-state index contributed by atoms with van der Waals surface area (Å²) in [6, 6.07) is 7.81. The highest BCUT2D eigenvalue weighted by Crippen LogP contribution is 2.16. The van der Waals surface area contributed by atoms with Crippen molar-refractivity contribution in [2.75, 3.05) is 11.9 Å². The lowest BCUT2D eigenvalue weighted by Gasteiger charge is -2.27. The van der Waals surface area contributed by atoms with Gasteiger partial charge in [0.2, 0.25) is 0 Å². The molecule has 0 heterocycles. The molecule has 2 aromatic rings. The van der Waals surface area contributed by atoms with E-state index in [1.165, 1.54) is 0 Å². The number of carboxylic acids is 1. The molecule has 1 unspecified atom stereocenters. The number of benzene rings is 2. The fourth-order valence-electron chi connectivity index (χ4n) is 3.09. The smallest absolute Gasteiger partial charge is 0.408 e. The zero-order valence-electron chi connectivity index (χ0n) is 17.1. The number of amides is 2. The largest absolute Gasteiger partial charge is 0.480 e. The lowest BCUT2D eigenvalue weighted by Crippen LogP contribution is -2.46. The van der Waals surface area contributed by atoms with Crippen LogP contribution in [0.3, 0.4) is 0 Å². The summed E-state index contributed by atoms with van der Waals surface area (Å²) >= 11 is 0. The Bertz CT molecular complexity index is 927. The molecule has 0 saturated heterocycles. The van der Waals surface area contributed by atoms with Gasteiger partial charge in [-0.25, -0.2) is 18.4 Å². The second-order valence-corrected chi connectivity index (χ2v) is 7.52. The number of nitrogens with one attached hydrogen (secondary N) is 1. The highest BCUT2D eigenvalue weighted by molar-refractivity contribution is 6.04. The summed E-state index contributed by atoms with van der Waals surface area (Å²) in [5.41, 5.74) is 0.954. The topological polar surface area (TPSA) is 107 Å². The molecule has 2 rings (SSSR count). The molecule has 0 radical (unpaired) electrons. The zero-order valence-corrected chi connectivity index (χ0v) is 17.1. The van der Waals surface area contributed by atoms with Gasteiger partial charge in [0.1, 0.15) is 17.7 Å². The van der Waals surface area contributed by atoms with Crippen molar-refractivity contribution in [1.29, 1.82) is 0 Å². The van der Waals surface area contributed by atoms with Crippen LogP contribution in [0.5, 0.6) is 0 Å². The van der Waals surface area contributed by atoms with Gasteiger partial charge in [-0.15, -0.1) is 0 Å². The Morgan fingerprint density at radius 1 is 1.00 bits per heavy atom. The van der Waals surface area contributed by atoms with E-state index in [1.54, 1.807) is 24.3 Å². The number of hydrogen-bond donors (Lipinski definition) is 3. The van der Waals surface area contributed by atoms with E-state index in [2.05, 4.69) is 5.32 Å². The predicted octanol–water partition coefficient (Wildman–Crippen LogP) is 4.24. The number of rotatable bonds is 9. The molecule has 0 bridgehead atoms. The third-order valence-corrected chi connectivity index (χ3v) is 4.58. The highest BCUT2D eigenvalue weighted by Gasteiger charge is 2.29. The molecule has 0 fully saturated rings. The normalized spacial score (nSPS) is 11.8. The van der Waals surface area contributed by atoms with Crippen molar-refractivity contribution >= 4 is 23.7 Å². The first kappa shape index (κ1) is 23.8. The molecule has 0 aliphatic heterocycles. The fourth-order valence-corrected chi connectivity index (χ4v) is 3.09. The number of carbonyl (C=O) groups is 3. The minimum atomic E-state index is -1.31. The Hall–Kier alpha value is -3.49. The number of hydrogen-bond acceptors (Lipinski definition) is 3. The van der Waals surface area contributed by atoms with Gasteiger partial charge in [-0.1, -0.05) is 26.0 Å². The van der Waals surface area contributed by atoms with Crippen LogP contribution in [-0.4, -0.2) is 45.7 Å². The number of aliphatic carboxylic acids is 1. The van der Waals surface area contributed by atoms with E-state index < -0.39 is 35.6 Å². The van der Waals surface area contributed by atoms with Gasteiger partial charge >= 0.3 is 12.1 Å². The maximum Gasteiger partial charge on any atom is 0.408 e. The SMILES string of the molecule is CC(C)CC(C(=O)O)N(CCc1ccc(NC(=O)c2cc(F)cc(F)c2)cc1)C(=O)O. The first-order valence-electron chi connectivity index (χ1n) is 9.65. The van der Waals surface area contributed by atoms with Gasteiger partial charge in [0.15, 0.2) is 0 Å². The summed E-state index contributed by atoms with van der Waals surface area (Å²) < 4.78 is 26.5. The number of nitrogens with zero attached hydrogens (tertiary/aromatic N) is 1. The van der Waals surface area contributed by atoms with Gasteiger partial charge in [-0.2, -0.15) is 0 Å². The van der Waals surface area contributed by atoms with Crippen LogP contribution < -0.4 is 5.32 Å². The number of halogens is 2. The standard InChI is InChI=1S/C22H24F2N2O5/c1-13(2)9-19(21(28)29)26(22(30)31)8-7-14-3-5-18(6-4-14)25-20(27)15-10-16(23)12-17(24)11-15/h3-6,10-13,19H,7-9H2,1-2H3,(H,25,27)(H,28,29)(H,30,31). The average Bonchev–Trinajstić information content (AvgIpc) is 2.67. The van der Waals surface area contributed by atoms with Crippen LogP contribution in [0.25, 0.3) is 0 Å². The van der Waals surface area contributed by atoms with Crippen molar-refractivity contribution in [2.45, 2.75) is 32.7 Å². The third-order valence-electron chi connectivity index (χ3n) is 4.58. The van der Waals surface area contributed by atoms with E-state index in [-0.39, 0.29) is 30.9 Å². The third kappa shape index (κ3) is 7.06. The Morgan fingerprint density at radius 3 is 2.06 bits per heavy atom. The highest BCUT2D eigenvalue weighted by atomic mass is 19.1. The van der Waals surface area contributed by atoms with Crippen molar-refractivity contribution in [3.05, 3.63) is 65.2 Å². The van der Waals surface area contributed by atoms with E-state index in [0.717, 1.165) is 22.6 Å². The summed E-state index contributed by atoms with van der Waals surface area (Å²) in [5.74, 6) is -3.58. The quantitative estimate of drug-likeness (QED) is 0.547. The summed E-state index contributed by atoms with van der Waals surface area (Å²) in [6.45, 7) is 3.63. The molecular weight excluding hydrogens is 410 g/mol. The molecule has 2 aromatic carbocycles. The van der Waals surface area contributed by atoms with Crippen LogP contribution in [0.1, 0.15) is 36.2 Å². The zero-order chi connectivity index (χ0) is 23.1. The molecule has 0 aliphatic rings.